The van der Waals surface area contributed by atoms with Crippen LogP contribution in [0.2, 0.25) is 0 Å². The van der Waals surface area contributed by atoms with E-state index in [0.717, 1.165) is 11.1 Å². The smallest absolute Gasteiger partial charge is 0.426 e. The number of alkyl halides is 4. The van der Waals surface area contributed by atoms with Gasteiger partial charge in [0.15, 0.2) is 0 Å². The average Bonchev–Trinajstić information content (AvgIpc) is 3.27. The molecule has 2 fully saturated rings. The van der Waals surface area contributed by atoms with Gasteiger partial charge in [-0.3, -0.25) is 9.59 Å². The Labute approximate surface area is 224 Å². The second-order valence-corrected chi connectivity index (χ2v) is 11.6. The number of carboxylic acids is 1. The third kappa shape index (κ3) is 4.62. The number of benzene rings is 2. The van der Waals surface area contributed by atoms with E-state index in [4.69, 9.17) is 0 Å². The number of hydrogen-bond acceptors (Lipinski definition) is 3. The van der Waals surface area contributed by atoms with Crippen molar-refractivity contribution in [1.82, 2.24) is 4.90 Å². The molecule has 0 spiro atoms. The van der Waals surface area contributed by atoms with Crippen LogP contribution in [0.4, 0.5) is 17.6 Å². The van der Waals surface area contributed by atoms with Gasteiger partial charge >= 0.3 is 12.1 Å². The van der Waals surface area contributed by atoms with Gasteiger partial charge in [0.1, 0.15) is 5.60 Å². The average molecular weight is 548 g/mol. The molecule has 1 unspecified atom stereocenters. The first-order chi connectivity index (χ1) is 18.3. The van der Waals surface area contributed by atoms with Gasteiger partial charge in [0.2, 0.25) is 5.67 Å². The van der Waals surface area contributed by atoms with Crippen LogP contribution in [-0.2, 0) is 33.5 Å². The summed E-state index contributed by atoms with van der Waals surface area (Å²) >= 11 is 0. The SMILES string of the molecule is CC(F)(c1ccc2c(c1)CC[C@H]1N(C(=O)C3(O)CCC(C(=O)O)CC3)CC[C@@]21Cc1ccccc1)C(F)(F)F. The number of carboxylic acid groups (broad SMARTS) is 1. The van der Waals surface area contributed by atoms with Gasteiger partial charge in [-0.15, -0.1) is 0 Å². The van der Waals surface area contributed by atoms with E-state index in [0.29, 0.717) is 44.7 Å². The lowest BCUT2D eigenvalue weighted by atomic mass is 9.63. The van der Waals surface area contributed by atoms with E-state index in [1.54, 1.807) is 11.0 Å². The molecule has 2 aromatic carbocycles. The predicted molar refractivity (Wildman–Crippen MR) is 136 cm³/mol. The highest BCUT2D eigenvalue weighted by atomic mass is 19.4. The molecule has 0 bridgehead atoms. The molecule has 2 aromatic rings. The molecule has 0 aromatic heterocycles. The lowest BCUT2D eigenvalue weighted by Crippen LogP contribution is -2.56. The molecule has 1 saturated heterocycles. The maximum atomic E-state index is 14.9. The predicted octanol–water partition coefficient (Wildman–Crippen LogP) is 5.47. The first-order valence-corrected chi connectivity index (χ1v) is 13.5. The van der Waals surface area contributed by atoms with E-state index in [9.17, 15) is 37.4 Å². The number of nitrogens with zero attached hydrogens (tertiary/aromatic N) is 1. The fraction of sp³-hybridized carbons (Fsp3) is 0.533. The van der Waals surface area contributed by atoms with E-state index in [1.165, 1.54) is 12.1 Å². The second kappa shape index (κ2) is 9.61. The van der Waals surface area contributed by atoms with Gasteiger partial charge in [0, 0.05) is 18.0 Å². The number of likely N-dealkylation sites (tertiary alicyclic amines) is 1. The molecule has 2 aliphatic carbocycles. The van der Waals surface area contributed by atoms with Crippen molar-refractivity contribution in [3.63, 3.8) is 0 Å². The summed E-state index contributed by atoms with van der Waals surface area (Å²) in [6.45, 7) is 0.904. The Morgan fingerprint density at radius 2 is 1.67 bits per heavy atom. The molecule has 9 heteroatoms. The van der Waals surface area contributed by atoms with Crippen LogP contribution in [0.15, 0.2) is 48.5 Å². The maximum Gasteiger partial charge on any atom is 0.426 e. The molecule has 39 heavy (non-hydrogen) atoms. The quantitative estimate of drug-likeness (QED) is 0.487. The number of aliphatic hydroxyl groups is 1. The molecule has 5 nitrogen and oxygen atoms in total. The zero-order chi connectivity index (χ0) is 28.2. The summed E-state index contributed by atoms with van der Waals surface area (Å²) in [4.78, 5) is 26.9. The summed E-state index contributed by atoms with van der Waals surface area (Å²) in [5.41, 5.74) is -3.67. The van der Waals surface area contributed by atoms with Crippen molar-refractivity contribution < 1.29 is 37.4 Å². The Hall–Kier alpha value is -2.94. The van der Waals surface area contributed by atoms with Crippen molar-refractivity contribution in [2.45, 2.75) is 87.2 Å². The monoisotopic (exact) mass is 547 g/mol. The number of halogens is 4. The minimum atomic E-state index is -5.05. The first-order valence-electron chi connectivity index (χ1n) is 13.5. The molecule has 1 amide bonds. The van der Waals surface area contributed by atoms with Crippen molar-refractivity contribution in [2.24, 2.45) is 5.92 Å². The van der Waals surface area contributed by atoms with Crippen LogP contribution < -0.4 is 0 Å². The number of hydrogen-bond donors (Lipinski definition) is 2. The highest BCUT2D eigenvalue weighted by Crippen LogP contribution is 2.52. The topological polar surface area (TPSA) is 77.8 Å². The van der Waals surface area contributed by atoms with Gasteiger partial charge in [-0.05, 0) is 80.5 Å². The standard InChI is InChI=1S/C30H33F4NO4/c1-27(31,30(32,33)34)22-8-9-23-21(17-22)7-10-24-28(23,18-19-5-3-2-4-6-19)15-16-35(24)26(38)29(39)13-11-20(12-14-29)25(36)37/h2-6,8-9,17,20,24,39H,7,10-16,18H2,1H3,(H,36,37)/t20?,24-,27?,28-,29?/m1/s1. The summed E-state index contributed by atoms with van der Waals surface area (Å²) in [5.74, 6) is -1.91. The van der Waals surface area contributed by atoms with Crippen LogP contribution in [0.1, 0.15) is 67.7 Å². The van der Waals surface area contributed by atoms with Gasteiger partial charge in [0.05, 0.1) is 5.92 Å². The molecular formula is C30H33F4NO4. The third-order valence-electron chi connectivity index (χ3n) is 9.40. The van der Waals surface area contributed by atoms with Crippen molar-refractivity contribution in [2.75, 3.05) is 6.54 Å². The van der Waals surface area contributed by atoms with Crippen LogP contribution in [0.5, 0.6) is 0 Å². The number of amides is 1. The Kier molecular flexibility index (Phi) is 6.81. The summed E-state index contributed by atoms with van der Waals surface area (Å²) in [6.07, 6.45) is -2.53. The zero-order valence-corrected chi connectivity index (χ0v) is 21.8. The van der Waals surface area contributed by atoms with Crippen LogP contribution in [0, 0.1) is 5.92 Å². The maximum absolute atomic E-state index is 14.9. The number of aryl methyl sites for hydroxylation is 1. The summed E-state index contributed by atoms with van der Waals surface area (Å²) in [7, 11) is 0. The number of fused-ring (bicyclic) bond motifs is 3. The molecule has 5 rings (SSSR count). The Morgan fingerprint density at radius 1 is 1.00 bits per heavy atom. The molecule has 1 heterocycles. The molecule has 1 saturated carbocycles. The zero-order valence-electron chi connectivity index (χ0n) is 21.8. The highest BCUT2D eigenvalue weighted by molar-refractivity contribution is 5.86. The molecule has 210 valence electrons. The van der Waals surface area contributed by atoms with Gasteiger partial charge in [-0.1, -0.05) is 48.5 Å². The van der Waals surface area contributed by atoms with Crippen LogP contribution in [-0.4, -0.2) is 51.4 Å². The fourth-order valence-electron chi connectivity index (χ4n) is 7.05. The van der Waals surface area contributed by atoms with Crippen LogP contribution >= 0.6 is 0 Å². The van der Waals surface area contributed by atoms with Crippen LogP contribution in [0.25, 0.3) is 0 Å². The summed E-state index contributed by atoms with van der Waals surface area (Å²) < 4.78 is 55.3. The number of rotatable bonds is 5. The molecule has 0 radical (unpaired) electrons. The van der Waals surface area contributed by atoms with E-state index < -0.39 is 46.2 Å². The second-order valence-electron chi connectivity index (χ2n) is 11.6. The van der Waals surface area contributed by atoms with Crippen molar-refractivity contribution in [1.29, 1.82) is 0 Å². The van der Waals surface area contributed by atoms with Crippen molar-refractivity contribution in [3.05, 3.63) is 70.8 Å². The molecule has 3 aliphatic rings. The largest absolute Gasteiger partial charge is 0.481 e. The van der Waals surface area contributed by atoms with Gasteiger partial charge in [-0.25, -0.2) is 4.39 Å². The lowest BCUT2D eigenvalue weighted by Gasteiger charge is -2.46. The van der Waals surface area contributed by atoms with E-state index in [1.807, 2.05) is 30.3 Å². The van der Waals surface area contributed by atoms with Crippen LogP contribution in [0.3, 0.4) is 0 Å². The fourth-order valence-corrected chi connectivity index (χ4v) is 7.05. The van der Waals surface area contributed by atoms with E-state index in [-0.39, 0.29) is 31.7 Å². The number of aliphatic carboxylic acids is 1. The van der Waals surface area contributed by atoms with Crippen molar-refractivity contribution in [3.8, 4) is 0 Å². The van der Waals surface area contributed by atoms with E-state index in [2.05, 4.69) is 0 Å². The van der Waals surface area contributed by atoms with Gasteiger partial charge in [-0.2, -0.15) is 13.2 Å². The van der Waals surface area contributed by atoms with E-state index >= 15 is 0 Å². The first kappa shape index (κ1) is 27.6. The molecular weight excluding hydrogens is 514 g/mol. The number of carbonyl (C=O) groups is 2. The summed E-state index contributed by atoms with van der Waals surface area (Å²) in [5, 5.41) is 20.7. The minimum absolute atomic E-state index is 0.0736. The third-order valence-corrected chi connectivity index (χ3v) is 9.40. The van der Waals surface area contributed by atoms with Gasteiger partial charge in [0.25, 0.3) is 5.91 Å². The number of carbonyl (C=O) groups excluding carboxylic acids is 1. The molecule has 3 atom stereocenters. The van der Waals surface area contributed by atoms with Gasteiger partial charge < -0.3 is 15.1 Å². The summed E-state index contributed by atoms with van der Waals surface area (Å²) in [6, 6.07) is 13.5. The Balaban J connectivity index is 1.51. The normalized spacial score (nSPS) is 30.3. The molecule has 1 aliphatic heterocycles. The minimum Gasteiger partial charge on any atom is -0.481 e. The lowest BCUT2D eigenvalue weighted by molar-refractivity contribution is -0.228. The van der Waals surface area contributed by atoms with Crippen molar-refractivity contribution >= 4 is 11.9 Å². The molecule has 2 N–H and O–H groups in total. The highest BCUT2D eigenvalue weighted by Gasteiger charge is 2.57. The Morgan fingerprint density at radius 3 is 2.28 bits per heavy atom. The Bertz CT molecular complexity index is 1250.